The molecule has 2 rings (SSSR count). The fourth-order valence-electron chi connectivity index (χ4n) is 2.08. The molecule has 112 valence electrons. The molecule has 0 fully saturated rings. The van der Waals surface area contributed by atoms with Crippen LogP contribution in [0, 0.1) is 5.82 Å². The highest BCUT2D eigenvalue weighted by atomic mass is 32.2. The quantitative estimate of drug-likeness (QED) is 0.864. The van der Waals surface area contributed by atoms with Crippen LogP contribution in [0.1, 0.15) is 12.5 Å². The third kappa shape index (κ3) is 3.22. The van der Waals surface area contributed by atoms with Gasteiger partial charge in [0.15, 0.2) is 0 Å². The summed E-state index contributed by atoms with van der Waals surface area (Å²) in [6.45, 7) is 2.11. The fourth-order valence-corrected chi connectivity index (χ4v) is 3.68. The summed E-state index contributed by atoms with van der Waals surface area (Å²) in [4.78, 5) is -0.456. The van der Waals surface area contributed by atoms with Gasteiger partial charge in [-0.2, -0.15) is 4.31 Å². The van der Waals surface area contributed by atoms with E-state index in [1.807, 2.05) is 30.3 Å². The predicted octanol–water partition coefficient (Wildman–Crippen LogP) is 2.62. The number of anilines is 1. The van der Waals surface area contributed by atoms with Crippen molar-refractivity contribution in [2.75, 3.05) is 12.3 Å². The van der Waals surface area contributed by atoms with Crippen LogP contribution in [0.2, 0.25) is 0 Å². The number of rotatable bonds is 5. The van der Waals surface area contributed by atoms with Gasteiger partial charge in [0, 0.05) is 13.1 Å². The summed E-state index contributed by atoms with van der Waals surface area (Å²) in [5.74, 6) is -0.832. The fraction of sp³-hybridized carbons (Fsp3) is 0.200. The molecule has 4 nitrogen and oxygen atoms in total. The summed E-state index contributed by atoms with van der Waals surface area (Å²) < 4.78 is 40.3. The van der Waals surface area contributed by atoms with E-state index < -0.39 is 20.7 Å². The van der Waals surface area contributed by atoms with Gasteiger partial charge in [-0.15, -0.1) is 0 Å². The van der Waals surface area contributed by atoms with Gasteiger partial charge in [0.1, 0.15) is 10.7 Å². The second-order valence-electron chi connectivity index (χ2n) is 4.57. The first kappa shape index (κ1) is 15.5. The Morgan fingerprint density at radius 3 is 2.33 bits per heavy atom. The Morgan fingerprint density at radius 1 is 1.10 bits per heavy atom. The molecule has 0 aliphatic rings. The normalized spacial score (nSPS) is 11.8. The van der Waals surface area contributed by atoms with Crippen molar-refractivity contribution >= 4 is 15.7 Å². The van der Waals surface area contributed by atoms with E-state index in [1.54, 1.807) is 6.92 Å². The second kappa shape index (κ2) is 6.24. The van der Waals surface area contributed by atoms with Crippen LogP contribution in [0.5, 0.6) is 0 Å². The Balaban J connectivity index is 2.41. The van der Waals surface area contributed by atoms with Gasteiger partial charge in [0.2, 0.25) is 10.0 Å². The molecule has 0 amide bonds. The lowest BCUT2D eigenvalue weighted by molar-refractivity contribution is 0.419. The molecular formula is C15H17FN2O2S. The molecule has 0 aromatic heterocycles. The van der Waals surface area contributed by atoms with E-state index >= 15 is 0 Å². The maximum atomic E-state index is 13.9. The molecule has 0 aliphatic heterocycles. The van der Waals surface area contributed by atoms with Crippen molar-refractivity contribution in [2.45, 2.75) is 18.4 Å². The average Bonchev–Trinajstić information content (AvgIpc) is 2.45. The van der Waals surface area contributed by atoms with E-state index in [0.717, 1.165) is 11.6 Å². The molecule has 2 aromatic carbocycles. The van der Waals surface area contributed by atoms with Crippen LogP contribution in [-0.4, -0.2) is 19.3 Å². The van der Waals surface area contributed by atoms with E-state index in [0.29, 0.717) is 0 Å². The Bertz CT molecular complexity index is 697. The Kier molecular flexibility index (Phi) is 4.59. The molecule has 0 saturated heterocycles. The molecule has 2 N–H and O–H groups in total. The second-order valence-corrected chi connectivity index (χ2v) is 6.45. The molecule has 0 atom stereocenters. The highest BCUT2D eigenvalue weighted by Gasteiger charge is 2.28. The molecule has 0 saturated carbocycles. The highest BCUT2D eigenvalue weighted by molar-refractivity contribution is 7.89. The largest absolute Gasteiger partial charge is 0.398 e. The van der Waals surface area contributed by atoms with Gasteiger partial charge in [-0.25, -0.2) is 12.8 Å². The third-order valence-corrected chi connectivity index (χ3v) is 5.16. The van der Waals surface area contributed by atoms with Crippen LogP contribution in [0.4, 0.5) is 10.1 Å². The van der Waals surface area contributed by atoms with Gasteiger partial charge in [-0.05, 0) is 17.7 Å². The summed E-state index contributed by atoms with van der Waals surface area (Å²) in [6, 6.07) is 13.0. The first-order valence-corrected chi connectivity index (χ1v) is 7.99. The topological polar surface area (TPSA) is 63.4 Å². The van der Waals surface area contributed by atoms with Gasteiger partial charge in [-0.1, -0.05) is 43.3 Å². The van der Waals surface area contributed by atoms with E-state index in [1.165, 1.54) is 16.4 Å². The zero-order valence-electron chi connectivity index (χ0n) is 11.7. The number of sulfonamides is 1. The molecule has 21 heavy (non-hydrogen) atoms. The minimum absolute atomic E-state index is 0.0819. The van der Waals surface area contributed by atoms with Crippen molar-refractivity contribution in [1.29, 1.82) is 0 Å². The lowest BCUT2D eigenvalue weighted by Gasteiger charge is -2.21. The lowest BCUT2D eigenvalue weighted by Crippen LogP contribution is -2.31. The maximum Gasteiger partial charge on any atom is 0.248 e. The van der Waals surface area contributed by atoms with Crippen molar-refractivity contribution in [2.24, 2.45) is 0 Å². The minimum Gasteiger partial charge on any atom is -0.398 e. The molecule has 0 unspecified atom stereocenters. The van der Waals surface area contributed by atoms with Gasteiger partial charge in [-0.3, -0.25) is 0 Å². The maximum absolute atomic E-state index is 13.9. The molecular weight excluding hydrogens is 291 g/mol. The SMILES string of the molecule is CCN(Cc1ccccc1)S(=O)(=O)c1c(N)cccc1F. The first-order chi connectivity index (χ1) is 9.96. The number of nitrogen functional groups attached to an aromatic ring is 1. The number of nitrogens with zero attached hydrogens (tertiary/aromatic N) is 1. The zero-order valence-corrected chi connectivity index (χ0v) is 12.5. The van der Waals surface area contributed by atoms with Crippen molar-refractivity contribution in [3.05, 3.63) is 59.9 Å². The molecule has 0 heterocycles. The molecule has 2 aromatic rings. The molecule has 0 bridgehead atoms. The summed E-state index contributed by atoms with van der Waals surface area (Å²) >= 11 is 0. The van der Waals surface area contributed by atoms with Crippen LogP contribution < -0.4 is 5.73 Å². The summed E-state index contributed by atoms with van der Waals surface area (Å²) in [5.41, 5.74) is 6.40. The number of nitrogens with two attached hydrogens (primary N) is 1. The van der Waals surface area contributed by atoms with Crippen LogP contribution >= 0.6 is 0 Å². The third-order valence-electron chi connectivity index (χ3n) is 3.15. The van der Waals surface area contributed by atoms with E-state index in [4.69, 9.17) is 5.73 Å². The summed E-state index contributed by atoms with van der Waals surface area (Å²) in [6.07, 6.45) is 0. The highest BCUT2D eigenvalue weighted by Crippen LogP contribution is 2.26. The average molecular weight is 308 g/mol. The van der Waals surface area contributed by atoms with Crippen molar-refractivity contribution < 1.29 is 12.8 Å². The van der Waals surface area contributed by atoms with Crippen molar-refractivity contribution in [3.8, 4) is 0 Å². The monoisotopic (exact) mass is 308 g/mol. The standard InChI is InChI=1S/C15H17FN2O2S/c1-2-18(11-12-7-4-3-5-8-12)21(19,20)15-13(16)9-6-10-14(15)17/h3-10H,2,11,17H2,1H3. The number of hydrogen-bond acceptors (Lipinski definition) is 3. The van der Waals surface area contributed by atoms with E-state index in [2.05, 4.69) is 0 Å². The number of hydrogen-bond donors (Lipinski definition) is 1. The first-order valence-electron chi connectivity index (χ1n) is 6.55. The zero-order chi connectivity index (χ0) is 15.5. The Morgan fingerprint density at radius 2 is 1.76 bits per heavy atom. The van der Waals surface area contributed by atoms with Crippen molar-refractivity contribution in [1.82, 2.24) is 4.31 Å². The number of benzene rings is 2. The van der Waals surface area contributed by atoms with Gasteiger partial charge in [0.25, 0.3) is 0 Å². The van der Waals surface area contributed by atoms with Gasteiger partial charge >= 0.3 is 0 Å². The van der Waals surface area contributed by atoms with Gasteiger partial charge < -0.3 is 5.73 Å². The summed E-state index contributed by atoms with van der Waals surface area (Å²) in [7, 11) is -3.98. The smallest absolute Gasteiger partial charge is 0.248 e. The molecule has 0 radical (unpaired) electrons. The van der Waals surface area contributed by atoms with Crippen LogP contribution in [0.3, 0.4) is 0 Å². The molecule has 0 spiro atoms. The molecule has 0 aliphatic carbocycles. The van der Waals surface area contributed by atoms with Crippen molar-refractivity contribution in [3.63, 3.8) is 0 Å². The van der Waals surface area contributed by atoms with E-state index in [9.17, 15) is 12.8 Å². The van der Waals surface area contributed by atoms with E-state index in [-0.39, 0.29) is 18.8 Å². The van der Waals surface area contributed by atoms with Crippen LogP contribution in [0.25, 0.3) is 0 Å². The predicted molar refractivity (Wildman–Crippen MR) is 80.5 cm³/mol. The number of halogens is 1. The van der Waals surface area contributed by atoms with Gasteiger partial charge in [0.05, 0.1) is 5.69 Å². The molecule has 6 heteroatoms. The Hall–Kier alpha value is -1.92. The van der Waals surface area contributed by atoms with Crippen LogP contribution in [0.15, 0.2) is 53.4 Å². The lowest BCUT2D eigenvalue weighted by atomic mass is 10.2. The Labute approximate surface area is 124 Å². The summed E-state index contributed by atoms with van der Waals surface area (Å²) in [5, 5.41) is 0. The van der Waals surface area contributed by atoms with Crippen LogP contribution in [-0.2, 0) is 16.6 Å². The minimum atomic E-state index is -3.98.